The zero-order valence-corrected chi connectivity index (χ0v) is 24.8. The smallest absolute Gasteiger partial charge is 0.417 e. The number of ether oxygens (including phenoxy) is 2. The van der Waals surface area contributed by atoms with E-state index in [0.717, 1.165) is 37.9 Å². The SMILES string of the molecule is COC(=O)CCCC1CCCCN1.COC(=O)CCCC1CCCCN1S(=O)(=O)c1ccccc1C(F)(F)F.Cl. The third kappa shape index (κ3) is 11.5. The first-order valence-electron chi connectivity index (χ1n) is 13.6. The second kappa shape index (κ2) is 17.8. The van der Waals surface area contributed by atoms with E-state index in [2.05, 4.69) is 14.8 Å². The Hall–Kier alpha value is -1.89. The van der Waals surface area contributed by atoms with Crippen LogP contribution in [0.4, 0.5) is 13.2 Å². The van der Waals surface area contributed by atoms with E-state index in [-0.39, 0.29) is 31.3 Å². The predicted molar refractivity (Wildman–Crippen MR) is 148 cm³/mol. The number of carbonyl (C=O) groups is 2. The molecule has 1 aromatic carbocycles. The van der Waals surface area contributed by atoms with Gasteiger partial charge < -0.3 is 14.8 Å². The highest BCUT2D eigenvalue weighted by Crippen LogP contribution is 2.37. The second-order valence-electron chi connectivity index (χ2n) is 9.84. The van der Waals surface area contributed by atoms with Crippen LogP contribution in [0, 0.1) is 0 Å². The Morgan fingerprint density at radius 3 is 2.12 bits per heavy atom. The maximum atomic E-state index is 13.2. The first-order valence-corrected chi connectivity index (χ1v) is 15.0. The number of methoxy groups -OCH3 is 2. The molecule has 0 aliphatic carbocycles. The summed E-state index contributed by atoms with van der Waals surface area (Å²) in [6.45, 7) is 1.32. The summed E-state index contributed by atoms with van der Waals surface area (Å²) >= 11 is 0. The minimum atomic E-state index is -4.75. The lowest BCUT2D eigenvalue weighted by molar-refractivity contribution is -0.141. The van der Waals surface area contributed by atoms with Crippen LogP contribution in [0.25, 0.3) is 0 Å². The first kappa shape index (κ1) is 36.1. The number of nitrogens with one attached hydrogen (secondary N) is 1. The van der Waals surface area contributed by atoms with Crippen LogP contribution in [0.5, 0.6) is 0 Å². The van der Waals surface area contributed by atoms with Crippen LogP contribution in [0.2, 0.25) is 0 Å². The van der Waals surface area contributed by atoms with Gasteiger partial charge in [-0.25, -0.2) is 8.42 Å². The molecule has 1 N–H and O–H groups in total. The number of benzene rings is 1. The molecule has 0 saturated carbocycles. The monoisotopic (exact) mass is 614 g/mol. The number of carbonyl (C=O) groups excluding carboxylic acids is 2. The molecule has 8 nitrogen and oxygen atoms in total. The number of halogens is 4. The maximum absolute atomic E-state index is 13.2. The van der Waals surface area contributed by atoms with E-state index in [9.17, 15) is 31.2 Å². The van der Waals surface area contributed by atoms with E-state index in [1.165, 1.54) is 49.9 Å². The summed E-state index contributed by atoms with van der Waals surface area (Å²) in [7, 11) is -1.57. The molecule has 2 aliphatic heterocycles. The highest BCUT2D eigenvalue weighted by atomic mass is 35.5. The van der Waals surface area contributed by atoms with Crippen LogP contribution in [0.1, 0.15) is 82.6 Å². The van der Waals surface area contributed by atoms with E-state index in [4.69, 9.17) is 0 Å². The van der Waals surface area contributed by atoms with Crippen LogP contribution in [-0.2, 0) is 35.3 Å². The van der Waals surface area contributed by atoms with Gasteiger partial charge >= 0.3 is 18.1 Å². The summed E-state index contributed by atoms with van der Waals surface area (Å²) in [5, 5.41) is 3.46. The third-order valence-electron chi connectivity index (χ3n) is 7.07. The lowest BCUT2D eigenvalue weighted by Gasteiger charge is -2.35. The summed E-state index contributed by atoms with van der Waals surface area (Å²) < 4.78 is 75.9. The molecule has 2 fully saturated rings. The van der Waals surface area contributed by atoms with Crippen molar-refractivity contribution in [3.8, 4) is 0 Å². The van der Waals surface area contributed by atoms with Crippen molar-refractivity contribution in [2.24, 2.45) is 0 Å². The van der Waals surface area contributed by atoms with E-state index in [1.54, 1.807) is 0 Å². The molecule has 1 aromatic rings. The maximum Gasteiger partial charge on any atom is 0.417 e. The number of piperidine rings is 2. The van der Waals surface area contributed by atoms with Gasteiger partial charge in [-0.15, -0.1) is 12.4 Å². The Bertz CT molecular complexity index is 1020. The van der Waals surface area contributed by atoms with Crippen molar-refractivity contribution >= 4 is 34.4 Å². The molecule has 2 unspecified atom stereocenters. The minimum Gasteiger partial charge on any atom is -0.469 e. The van der Waals surface area contributed by atoms with Gasteiger partial charge in [-0.1, -0.05) is 25.0 Å². The van der Waals surface area contributed by atoms with Gasteiger partial charge in [-0.3, -0.25) is 9.59 Å². The summed E-state index contributed by atoms with van der Waals surface area (Å²) in [4.78, 5) is 21.3. The standard InChI is InChI=1S/C17H22F3NO4S.C10H19NO2.ClH/c1-25-16(22)11-6-8-13-7-4-5-12-21(13)26(23,24)15-10-3-2-9-14(15)17(18,19)20;1-13-10(12)7-4-6-9-5-2-3-8-11-9;/h2-3,9-10,13H,4-8,11-12H2,1H3;9,11H,2-8H2,1H3;1H. The highest BCUT2D eigenvalue weighted by Gasteiger charge is 2.41. The molecular weight excluding hydrogens is 573 g/mol. The van der Waals surface area contributed by atoms with Gasteiger partial charge in [0, 0.05) is 31.5 Å². The number of esters is 2. The van der Waals surface area contributed by atoms with E-state index in [1.807, 2.05) is 0 Å². The average molecular weight is 615 g/mol. The molecule has 0 radical (unpaired) electrons. The molecule has 3 rings (SSSR count). The van der Waals surface area contributed by atoms with Crippen LogP contribution in [0.3, 0.4) is 0 Å². The third-order valence-corrected chi connectivity index (χ3v) is 9.08. The molecule has 0 spiro atoms. The van der Waals surface area contributed by atoms with Crippen LogP contribution in [0.15, 0.2) is 29.2 Å². The fourth-order valence-electron chi connectivity index (χ4n) is 4.98. The Kier molecular flexibility index (Phi) is 16.1. The zero-order valence-electron chi connectivity index (χ0n) is 23.2. The normalized spacial score (nSPS) is 19.9. The fraction of sp³-hybridized carbons (Fsp3) is 0.704. The molecule has 0 aromatic heterocycles. The summed E-state index contributed by atoms with van der Waals surface area (Å²) in [5.41, 5.74) is -1.15. The average Bonchev–Trinajstić information content (AvgIpc) is 2.93. The minimum absolute atomic E-state index is 0. The fourth-order valence-corrected chi connectivity index (χ4v) is 6.92. The number of hydrogen-bond acceptors (Lipinski definition) is 7. The van der Waals surface area contributed by atoms with Crippen molar-refractivity contribution in [3.63, 3.8) is 0 Å². The number of alkyl halides is 3. The van der Waals surface area contributed by atoms with Crippen LogP contribution < -0.4 is 5.32 Å². The lowest BCUT2D eigenvalue weighted by Crippen LogP contribution is -2.44. The molecule has 2 aliphatic rings. The topological polar surface area (TPSA) is 102 Å². The summed E-state index contributed by atoms with van der Waals surface area (Å²) in [6, 6.07) is 4.46. The zero-order chi connectivity index (χ0) is 28.9. The highest BCUT2D eigenvalue weighted by molar-refractivity contribution is 7.89. The summed E-state index contributed by atoms with van der Waals surface area (Å²) in [6.07, 6.45) is 4.71. The molecular formula is C27H42ClF3N2O6S. The number of hydrogen-bond donors (Lipinski definition) is 1. The Morgan fingerprint density at radius 1 is 0.950 bits per heavy atom. The molecule has 2 saturated heterocycles. The molecule has 2 atom stereocenters. The Balaban J connectivity index is 0.000000482. The van der Waals surface area contributed by atoms with E-state index < -0.39 is 38.7 Å². The number of nitrogens with zero attached hydrogens (tertiary/aromatic N) is 1. The van der Waals surface area contributed by atoms with Crippen molar-refractivity contribution in [1.82, 2.24) is 9.62 Å². The Labute approximate surface area is 241 Å². The van der Waals surface area contributed by atoms with Crippen LogP contribution in [-0.4, -0.2) is 64.1 Å². The number of sulfonamides is 1. The van der Waals surface area contributed by atoms with Gasteiger partial charge in [0.15, 0.2) is 0 Å². The molecule has 0 amide bonds. The summed E-state index contributed by atoms with van der Waals surface area (Å²) in [5.74, 6) is -0.478. The Morgan fingerprint density at radius 2 is 1.55 bits per heavy atom. The molecule has 2 heterocycles. The van der Waals surface area contributed by atoms with Gasteiger partial charge in [0.05, 0.1) is 24.7 Å². The van der Waals surface area contributed by atoms with Gasteiger partial charge in [0.2, 0.25) is 10.0 Å². The van der Waals surface area contributed by atoms with Crippen molar-refractivity contribution in [2.45, 2.75) is 100 Å². The quantitative estimate of drug-likeness (QED) is 0.348. The molecule has 40 heavy (non-hydrogen) atoms. The molecule has 13 heteroatoms. The van der Waals surface area contributed by atoms with Crippen molar-refractivity contribution in [3.05, 3.63) is 29.8 Å². The van der Waals surface area contributed by atoms with Crippen LogP contribution >= 0.6 is 12.4 Å². The van der Waals surface area contributed by atoms with Gasteiger partial charge in [0.1, 0.15) is 0 Å². The molecule has 0 bridgehead atoms. The van der Waals surface area contributed by atoms with E-state index >= 15 is 0 Å². The largest absolute Gasteiger partial charge is 0.469 e. The van der Waals surface area contributed by atoms with Crippen molar-refractivity contribution in [2.75, 3.05) is 27.3 Å². The predicted octanol–water partition coefficient (Wildman–Crippen LogP) is 5.49. The van der Waals surface area contributed by atoms with Gasteiger partial charge in [-0.05, 0) is 70.0 Å². The second-order valence-corrected chi connectivity index (χ2v) is 11.7. The van der Waals surface area contributed by atoms with Gasteiger partial charge in [0.25, 0.3) is 0 Å². The lowest BCUT2D eigenvalue weighted by atomic mass is 10.00. The van der Waals surface area contributed by atoms with E-state index in [0.29, 0.717) is 38.1 Å². The number of rotatable bonds is 10. The van der Waals surface area contributed by atoms with Crippen molar-refractivity contribution < 1.29 is 40.7 Å². The van der Waals surface area contributed by atoms with Crippen molar-refractivity contribution in [1.29, 1.82) is 0 Å². The van der Waals surface area contributed by atoms with Gasteiger partial charge in [-0.2, -0.15) is 17.5 Å². The first-order chi connectivity index (χ1) is 18.5. The molecule has 230 valence electrons.